The number of benzene rings is 1. The van der Waals surface area contributed by atoms with E-state index in [2.05, 4.69) is 4.98 Å². The van der Waals surface area contributed by atoms with Crippen molar-refractivity contribution >= 4 is 28.7 Å². The van der Waals surface area contributed by atoms with E-state index in [1.807, 2.05) is 0 Å². The third kappa shape index (κ3) is 4.61. The van der Waals surface area contributed by atoms with Crippen LogP contribution in [0.25, 0.3) is 16.7 Å². The minimum absolute atomic E-state index is 0.0974. The number of amides is 1. The van der Waals surface area contributed by atoms with Crippen molar-refractivity contribution in [2.24, 2.45) is 0 Å². The smallest absolute Gasteiger partial charge is 0.405 e. The number of carbonyl (C=O) groups is 1. The third-order valence-corrected chi connectivity index (χ3v) is 4.47. The number of aromatic nitrogens is 2. The van der Waals surface area contributed by atoms with Gasteiger partial charge in [0.15, 0.2) is 11.4 Å². The van der Waals surface area contributed by atoms with Crippen molar-refractivity contribution in [3.63, 3.8) is 0 Å². The quantitative estimate of drug-likeness (QED) is 0.449. The van der Waals surface area contributed by atoms with Crippen LogP contribution in [0.15, 0.2) is 41.3 Å². The molecule has 0 saturated carbocycles. The van der Waals surface area contributed by atoms with E-state index in [9.17, 15) is 31.5 Å². The van der Waals surface area contributed by atoms with E-state index in [0.717, 1.165) is 29.0 Å². The van der Waals surface area contributed by atoms with Gasteiger partial charge in [0, 0.05) is 0 Å². The van der Waals surface area contributed by atoms with E-state index >= 15 is 0 Å². The van der Waals surface area contributed by atoms with Crippen molar-refractivity contribution in [3.05, 3.63) is 63.5 Å². The topological polar surface area (TPSA) is 73.2 Å². The molecule has 1 aromatic carbocycles. The van der Waals surface area contributed by atoms with Gasteiger partial charge in [-0.1, -0.05) is 24.6 Å². The Morgan fingerprint density at radius 2 is 1.87 bits per heavy atom. The van der Waals surface area contributed by atoms with Crippen LogP contribution in [0.2, 0.25) is 5.15 Å². The largest absolute Gasteiger partial charge is 0.413 e. The number of para-hydroxylation sites is 1. The van der Waals surface area contributed by atoms with Crippen LogP contribution in [0.5, 0.6) is 5.75 Å². The molecule has 3 rings (SSSR count). The fourth-order valence-corrected chi connectivity index (χ4v) is 2.95. The Morgan fingerprint density at radius 3 is 2.45 bits per heavy atom. The third-order valence-electron chi connectivity index (χ3n) is 4.26. The Bertz CT molecular complexity index is 1190. The number of alkyl halides is 3. The molecule has 12 heteroatoms. The average Bonchev–Trinajstić information content (AvgIpc) is 2.68. The van der Waals surface area contributed by atoms with Gasteiger partial charge in [0.05, 0.1) is 11.6 Å². The molecule has 2 aromatic heterocycles. The Kier molecular flexibility index (Phi) is 6.16. The van der Waals surface area contributed by atoms with Crippen molar-refractivity contribution in [1.82, 2.24) is 14.9 Å². The molecule has 0 aliphatic carbocycles. The van der Waals surface area contributed by atoms with Gasteiger partial charge in [0.1, 0.15) is 28.5 Å². The lowest BCUT2D eigenvalue weighted by atomic mass is 10.2. The zero-order valence-corrected chi connectivity index (χ0v) is 16.4. The molecule has 6 nitrogen and oxygen atoms in total. The summed E-state index contributed by atoms with van der Waals surface area (Å²) in [5, 5.41) is 1.27. The highest BCUT2D eigenvalue weighted by Gasteiger charge is 2.39. The molecule has 1 amide bonds. The summed E-state index contributed by atoms with van der Waals surface area (Å²) in [5.74, 6) is -2.84. The van der Waals surface area contributed by atoms with Crippen LogP contribution >= 0.6 is 11.6 Å². The fraction of sp³-hybridized carbons (Fsp3) is 0.211. The van der Waals surface area contributed by atoms with Crippen LogP contribution in [-0.2, 0) is 0 Å². The van der Waals surface area contributed by atoms with Gasteiger partial charge in [-0.3, -0.25) is 9.36 Å². The predicted molar refractivity (Wildman–Crippen MR) is 102 cm³/mol. The lowest BCUT2D eigenvalue weighted by Crippen LogP contribution is -2.46. The van der Waals surface area contributed by atoms with E-state index in [1.54, 1.807) is 5.32 Å². The summed E-state index contributed by atoms with van der Waals surface area (Å²) in [6.07, 6.45) is -6.04. The second kappa shape index (κ2) is 8.50. The molecule has 0 aliphatic rings. The number of halogens is 6. The molecular formula is C19H13ClF5N3O3. The van der Waals surface area contributed by atoms with Gasteiger partial charge >= 0.3 is 12.3 Å². The molecule has 2 heterocycles. The zero-order chi connectivity index (χ0) is 22.9. The Morgan fingerprint density at radius 1 is 1.23 bits per heavy atom. The molecular weight excluding hydrogens is 449 g/mol. The maximum absolute atomic E-state index is 14.4. The van der Waals surface area contributed by atoms with Crippen LogP contribution in [0.3, 0.4) is 0 Å². The summed E-state index contributed by atoms with van der Waals surface area (Å²) >= 11 is 5.83. The predicted octanol–water partition coefficient (Wildman–Crippen LogP) is 4.75. The van der Waals surface area contributed by atoms with Crippen molar-refractivity contribution in [2.75, 3.05) is 0 Å². The first kappa shape index (κ1) is 22.5. The number of ether oxygens (including phenoxy) is 1. The zero-order valence-electron chi connectivity index (χ0n) is 15.6. The lowest BCUT2D eigenvalue weighted by molar-refractivity contribution is -0.154. The minimum atomic E-state index is -4.74. The first-order valence-corrected chi connectivity index (χ1v) is 9.12. The first-order chi connectivity index (χ1) is 14.5. The van der Waals surface area contributed by atoms with E-state index in [-0.39, 0.29) is 16.2 Å². The highest BCUT2D eigenvalue weighted by atomic mass is 35.5. The first-order valence-electron chi connectivity index (χ1n) is 8.74. The van der Waals surface area contributed by atoms with Gasteiger partial charge in [-0.25, -0.2) is 18.6 Å². The normalized spacial score (nSPS) is 12.6. The summed E-state index contributed by atoms with van der Waals surface area (Å²) in [6, 6.07) is 3.16. The number of nitrogens with zero attached hydrogens (tertiary/aromatic N) is 2. The molecule has 0 radical (unpaired) electrons. The number of carbonyl (C=O) groups excluding carboxylic acids is 1. The summed E-state index contributed by atoms with van der Waals surface area (Å²) in [6.45, 7) is 1.19. The molecule has 0 unspecified atom stereocenters. The van der Waals surface area contributed by atoms with Gasteiger partial charge in [-0.2, -0.15) is 13.2 Å². The minimum Gasteiger partial charge on any atom is -0.405 e. The summed E-state index contributed by atoms with van der Waals surface area (Å²) in [4.78, 5) is 28.6. The molecule has 31 heavy (non-hydrogen) atoms. The molecule has 1 atom stereocenters. The number of hydrogen-bond donors (Lipinski definition) is 1. The Balaban J connectivity index is 2.14. The SMILES string of the molecule is CC[C@@H](NC(=O)Oc1cn(-c2c(F)cccc2F)c2nc(Cl)ccc2c1=O)C(F)(F)F. The summed E-state index contributed by atoms with van der Waals surface area (Å²) in [5.41, 5.74) is -1.85. The summed E-state index contributed by atoms with van der Waals surface area (Å²) in [7, 11) is 0. The molecule has 3 aromatic rings. The number of pyridine rings is 2. The Hall–Kier alpha value is -3.21. The van der Waals surface area contributed by atoms with Gasteiger partial charge in [-0.05, 0) is 30.7 Å². The van der Waals surface area contributed by atoms with Gasteiger partial charge in [-0.15, -0.1) is 0 Å². The molecule has 0 bridgehead atoms. The maximum atomic E-state index is 14.4. The Labute approximate surface area is 176 Å². The van der Waals surface area contributed by atoms with Crippen molar-refractivity contribution < 1.29 is 31.5 Å². The highest BCUT2D eigenvalue weighted by molar-refractivity contribution is 6.29. The monoisotopic (exact) mass is 461 g/mol. The number of rotatable bonds is 4. The fourth-order valence-electron chi connectivity index (χ4n) is 2.81. The van der Waals surface area contributed by atoms with E-state index in [1.165, 1.54) is 19.1 Å². The average molecular weight is 462 g/mol. The second-order valence-electron chi connectivity index (χ2n) is 6.30. The molecule has 0 fully saturated rings. The van der Waals surface area contributed by atoms with E-state index in [4.69, 9.17) is 16.3 Å². The number of fused-ring (bicyclic) bond motifs is 1. The van der Waals surface area contributed by atoms with Crippen molar-refractivity contribution in [3.8, 4) is 11.4 Å². The molecule has 0 saturated heterocycles. The van der Waals surface area contributed by atoms with Gasteiger partial charge in [0.2, 0.25) is 5.43 Å². The molecule has 1 N–H and O–H groups in total. The highest BCUT2D eigenvalue weighted by Crippen LogP contribution is 2.25. The van der Waals surface area contributed by atoms with E-state index in [0.29, 0.717) is 0 Å². The van der Waals surface area contributed by atoms with Crippen LogP contribution in [0, 0.1) is 11.6 Å². The second-order valence-corrected chi connectivity index (χ2v) is 6.69. The van der Waals surface area contributed by atoms with Crippen molar-refractivity contribution in [1.29, 1.82) is 0 Å². The number of hydrogen-bond acceptors (Lipinski definition) is 4. The van der Waals surface area contributed by atoms with Gasteiger partial charge in [0.25, 0.3) is 0 Å². The van der Waals surface area contributed by atoms with Gasteiger partial charge < -0.3 is 10.1 Å². The summed E-state index contributed by atoms with van der Waals surface area (Å²) < 4.78 is 72.9. The van der Waals surface area contributed by atoms with Crippen LogP contribution in [-0.4, -0.2) is 27.9 Å². The lowest BCUT2D eigenvalue weighted by Gasteiger charge is -2.20. The van der Waals surface area contributed by atoms with Crippen LogP contribution in [0.4, 0.5) is 26.7 Å². The maximum Gasteiger partial charge on any atom is 0.413 e. The molecule has 0 aliphatic heterocycles. The standard InChI is InChI=1S/C19H13ClF5N3O3/c1-2-13(19(23,24)25)26-18(30)31-12-8-28(15-10(21)4-3-5-11(15)22)17-9(16(12)29)6-7-14(20)27-17/h3-8,13H,2H2,1H3,(H,26,30)/t13-/m1/s1. The van der Waals surface area contributed by atoms with Crippen LogP contribution in [0.1, 0.15) is 13.3 Å². The van der Waals surface area contributed by atoms with Crippen molar-refractivity contribution in [2.45, 2.75) is 25.6 Å². The molecule has 0 spiro atoms. The molecule has 164 valence electrons. The van der Waals surface area contributed by atoms with Crippen LogP contribution < -0.4 is 15.5 Å². The van der Waals surface area contributed by atoms with E-state index < -0.39 is 53.2 Å². The number of nitrogens with one attached hydrogen (secondary N) is 1.